The van der Waals surface area contributed by atoms with Gasteiger partial charge in [-0.05, 0) is 53.3 Å². The zero-order valence-electron chi connectivity index (χ0n) is 17.2. The summed E-state index contributed by atoms with van der Waals surface area (Å²) in [5.41, 5.74) is 6.77. The summed E-state index contributed by atoms with van der Waals surface area (Å²) in [6.45, 7) is 0. The van der Waals surface area contributed by atoms with Crippen molar-refractivity contribution in [3.8, 4) is 0 Å². The van der Waals surface area contributed by atoms with Gasteiger partial charge in [-0.25, -0.2) is 4.99 Å². The van der Waals surface area contributed by atoms with Crippen LogP contribution >= 0.6 is 22.9 Å². The van der Waals surface area contributed by atoms with Crippen LogP contribution in [0.4, 0.5) is 0 Å². The predicted molar refractivity (Wildman–Crippen MR) is 131 cm³/mol. The van der Waals surface area contributed by atoms with Crippen LogP contribution in [-0.2, 0) is 6.42 Å². The van der Waals surface area contributed by atoms with Crippen molar-refractivity contribution in [3.05, 3.63) is 131 Å². The van der Waals surface area contributed by atoms with Crippen molar-refractivity contribution < 1.29 is 0 Å². The molecule has 0 saturated carbocycles. The summed E-state index contributed by atoms with van der Waals surface area (Å²) >= 11 is 7.64. The van der Waals surface area contributed by atoms with E-state index in [4.69, 9.17) is 16.6 Å². The summed E-state index contributed by atoms with van der Waals surface area (Å²) in [6.07, 6.45) is 3.79. The van der Waals surface area contributed by atoms with Crippen molar-refractivity contribution >= 4 is 34.7 Å². The summed E-state index contributed by atoms with van der Waals surface area (Å²) in [4.78, 5) is 19.4. The Kier molecular flexibility index (Phi) is 4.71. The Morgan fingerprint density at radius 2 is 1.69 bits per heavy atom. The van der Waals surface area contributed by atoms with Crippen molar-refractivity contribution in [1.82, 2.24) is 4.57 Å². The first-order valence-corrected chi connectivity index (χ1v) is 11.8. The monoisotopic (exact) mass is 454 g/mol. The number of rotatable bonds is 2. The van der Waals surface area contributed by atoms with Crippen LogP contribution in [0.25, 0.3) is 11.8 Å². The first-order chi connectivity index (χ1) is 15.7. The topological polar surface area (TPSA) is 34.4 Å². The molecule has 0 unspecified atom stereocenters. The highest BCUT2D eigenvalue weighted by molar-refractivity contribution is 7.07. The number of aryl methyl sites for hydroxylation is 1. The molecule has 0 fully saturated rings. The quantitative estimate of drug-likeness (QED) is 0.421. The van der Waals surface area contributed by atoms with Crippen LogP contribution in [0.3, 0.4) is 0 Å². The first kappa shape index (κ1) is 19.5. The van der Waals surface area contributed by atoms with Gasteiger partial charge in [0.25, 0.3) is 5.56 Å². The zero-order valence-corrected chi connectivity index (χ0v) is 18.7. The Hall–Kier alpha value is -3.21. The van der Waals surface area contributed by atoms with Gasteiger partial charge >= 0.3 is 0 Å². The molecule has 6 rings (SSSR count). The average Bonchev–Trinajstić information content (AvgIpc) is 3.13. The van der Waals surface area contributed by atoms with E-state index in [-0.39, 0.29) is 11.6 Å². The maximum atomic E-state index is 13.6. The second-order valence-electron chi connectivity index (χ2n) is 8.08. The van der Waals surface area contributed by atoms with Gasteiger partial charge in [0, 0.05) is 10.6 Å². The van der Waals surface area contributed by atoms with E-state index >= 15 is 0 Å². The highest BCUT2D eigenvalue weighted by atomic mass is 35.5. The molecule has 0 spiro atoms. The van der Waals surface area contributed by atoms with E-state index in [0.29, 0.717) is 9.55 Å². The molecule has 5 heteroatoms. The Balaban J connectivity index is 1.64. The largest absolute Gasteiger partial charge is 0.272 e. The Bertz CT molecular complexity index is 1550. The molecule has 0 bridgehead atoms. The number of halogens is 1. The maximum absolute atomic E-state index is 13.6. The molecule has 0 amide bonds. The lowest BCUT2D eigenvalue weighted by molar-refractivity contribution is 0.585. The summed E-state index contributed by atoms with van der Waals surface area (Å²) in [7, 11) is 0. The molecule has 1 aliphatic heterocycles. The van der Waals surface area contributed by atoms with Gasteiger partial charge in [0.05, 0.1) is 16.3 Å². The van der Waals surface area contributed by atoms with Gasteiger partial charge in [0.15, 0.2) is 4.80 Å². The van der Waals surface area contributed by atoms with Gasteiger partial charge in [-0.2, -0.15) is 0 Å². The number of aromatic nitrogens is 1. The van der Waals surface area contributed by atoms with Gasteiger partial charge in [0.2, 0.25) is 0 Å². The van der Waals surface area contributed by atoms with Crippen LogP contribution in [0, 0.1) is 0 Å². The van der Waals surface area contributed by atoms with E-state index in [1.165, 1.54) is 28.0 Å². The first-order valence-electron chi connectivity index (χ1n) is 10.6. The van der Waals surface area contributed by atoms with Crippen molar-refractivity contribution in [1.29, 1.82) is 0 Å². The highest BCUT2D eigenvalue weighted by Crippen LogP contribution is 2.41. The minimum atomic E-state index is -0.176. The molecule has 1 aliphatic carbocycles. The Labute approximate surface area is 194 Å². The normalized spacial score (nSPS) is 17.4. The smallest absolute Gasteiger partial charge is 0.271 e. The van der Waals surface area contributed by atoms with E-state index < -0.39 is 0 Å². The number of hydrogen-bond donors (Lipinski definition) is 0. The molecule has 1 atom stereocenters. The van der Waals surface area contributed by atoms with Crippen molar-refractivity contribution in [2.24, 2.45) is 4.99 Å². The van der Waals surface area contributed by atoms with Crippen LogP contribution in [0.5, 0.6) is 0 Å². The standard InChI is InChI=1S/C27H19ClN2OS/c28-20-13-10-19(11-14-20)25-22-15-12-18-8-4-5-9-21(18)24(22)29-27-30(25)26(31)23(32-27)16-17-6-2-1-3-7-17/h1-11,13-14,16,25H,12,15H2/b23-16+/t25-/m1/s1. The zero-order chi connectivity index (χ0) is 21.7. The van der Waals surface area contributed by atoms with Crippen molar-refractivity contribution in [2.45, 2.75) is 18.9 Å². The van der Waals surface area contributed by atoms with Crippen molar-refractivity contribution in [2.75, 3.05) is 0 Å². The SMILES string of the molecule is O=c1/c(=C\c2ccccc2)sc2n1[C@H](c1ccc(Cl)cc1)C1=C(N=2)c2ccccc2CC1. The lowest BCUT2D eigenvalue weighted by atomic mass is 9.83. The fourth-order valence-corrected chi connectivity index (χ4v) is 5.80. The lowest BCUT2D eigenvalue weighted by Gasteiger charge is -2.30. The van der Waals surface area contributed by atoms with Crippen LogP contribution in [0.1, 0.15) is 34.7 Å². The molecule has 156 valence electrons. The minimum Gasteiger partial charge on any atom is -0.272 e. The molecular formula is C27H19ClN2OS. The van der Waals surface area contributed by atoms with Crippen LogP contribution in [0.2, 0.25) is 5.02 Å². The van der Waals surface area contributed by atoms with Gasteiger partial charge < -0.3 is 0 Å². The molecule has 0 N–H and O–H groups in total. The van der Waals surface area contributed by atoms with Crippen molar-refractivity contribution in [3.63, 3.8) is 0 Å². The van der Waals surface area contributed by atoms with Gasteiger partial charge in [-0.3, -0.25) is 9.36 Å². The average molecular weight is 455 g/mol. The van der Waals surface area contributed by atoms with Gasteiger partial charge in [0.1, 0.15) is 0 Å². The highest BCUT2D eigenvalue weighted by Gasteiger charge is 2.32. The van der Waals surface area contributed by atoms with Crippen LogP contribution in [0.15, 0.2) is 94.2 Å². The minimum absolute atomic E-state index is 0.00274. The fraction of sp³-hybridized carbons (Fsp3) is 0.111. The number of benzene rings is 3. The van der Waals surface area contributed by atoms with Gasteiger partial charge in [-0.1, -0.05) is 89.7 Å². The van der Waals surface area contributed by atoms with E-state index in [1.54, 1.807) is 0 Å². The summed E-state index contributed by atoms with van der Waals surface area (Å²) in [5, 5.41) is 0.688. The number of thiazole rings is 1. The maximum Gasteiger partial charge on any atom is 0.271 e. The summed E-state index contributed by atoms with van der Waals surface area (Å²) in [6, 6.07) is 26.1. The lowest BCUT2D eigenvalue weighted by Crippen LogP contribution is -2.38. The predicted octanol–water partition coefficient (Wildman–Crippen LogP) is 4.97. The number of hydrogen-bond acceptors (Lipinski definition) is 3. The second kappa shape index (κ2) is 7.73. The van der Waals surface area contributed by atoms with E-state index in [2.05, 4.69) is 24.3 Å². The molecule has 2 heterocycles. The molecule has 4 aromatic rings. The molecule has 0 saturated heterocycles. The summed E-state index contributed by atoms with van der Waals surface area (Å²) in [5.74, 6) is 0. The van der Waals surface area contributed by atoms with Gasteiger partial charge in [-0.15, -0.1) is 0 Å². The fourth-order valence-electron chi connectivity index (χ4n) is 4.67. The third-order valence-electron chi connectivity index (χ3n) is 6.16. The molecule has 32 heavy (non-hydrogen) atoms. The summed E-state index contributed by atoms with van der Waals surface area (Å²) < 4.78 is 2.57. The third-order valence-corrected chi connectivity index (χ3v) is 7.39. The molecular weight excluding hydrogens is 436 g/mol. The second-order valence-corrected chi connectivity index (χ2v) is 9.52. The number of fused-ring (bicyclic) bond motifs is 3. The molecule has 3 nitrogen and oxygen atoms in total. The number of nitrogens with zero attached hydrogens (tertiary/aromatic N) is 2. The van der Waals surface area contributed by atoms with Crippen LogP contribution in [-0.4, -0.2) is 4.57 Å². The Morgan fingerprint density at radius 1 is 0.938 bits per heavy atom. The van der Waals surface area contributed by atoms with E-state index in [1.807, 2.05) is 65.2 Å². The van der Waals surface area contributed by atoms with E-state index in [9.17, 15) is 4.79 Å². The van der Waals surface area contributed by atoms with E-state index in [0.717, 1.165) is 34.5 Å². The molecule has 0 radical (unpaired) electrons. The molecule has 1 aromatic heterocycles. The number of allylic oxidation sites excluding steroid dienone is 1. The Morgan fingerprint density at radius 3 is 2.50 bits per heavy atom. The third kappa shape index (κ3) is 3.19. The molecule has 3 aromatic carbocycles. The molecule has 2 aliphatic rings. The van der Waals surface area contributed by atoms with Crippen LogP contribution < -0.4 is 14.9 Å².